The van der Waals surface area contributed by atoms with Gasteiger partial charge in [-0.3, -0.25) is 0 Å². The van der Waals surface area contributed by atoms with E-state index in [1.54, 1.807) is 0 Å². The van der Waals surface area contributed by atoms with Gasteiger partial charge in [0.15, 0.2) is 0 Å². The van der Waals surface area contributed by atoms with Crippen molar-refractivity contribution in [3.63, 3.8) is 0 Å². The summed E-state index contributed by atoms with van der Waals surface area (Å²) in [6.07, 6.45) is 0. The van der Waals surface area contributed by atoms with Crippen LogP contribution in [-0.4, -0.2) is 11.9 Å². The van der Waals surface area contributed by atoms with Gasteiger partial charge in [-0.2, -0.15) is 0 Å². The standard InChI is InChI=1S/C18H12BN/c1-3-8-15-13(6-1)12-14-7-2-4-9-16(14)18(15)17-10-5-11-19-20-17/h1-12H. The summed E-state index contributed by atoms with van der Waals surface area (Å²) in [5.74, 6) is 1.96. The van der Waals surface area contributed by atoms with E-state index >= 15 is 0 Å². The molecule has 0 bridgehead atoms. The predicted molar refractivity (Wildman–Crippen MR) is 86.0 cm³/mol. The minimum absolute atomic E-state index is 1.03. The molecular weight excluding hydrogens is 241 g/mol. The summed E-state index contributed by atoms with van der Waals surface area (Å²) in [5, 5.41) is 5.02. The fraction of sp³-hybridized carbons (Fsp3) is 0. The predicted octanol–water partition coefficient (Wildman–Crippen LogP) is 4.39. The maximum absolute atomic E-state index is 4.55. The van der Waals surface area contributed by atoms with Gasteiger partial charge in [0, 0.05) is 0 Å². The molecule has 1 aromatic heterocycles. The van der Waals surface area contributed by atoms with E-state index < -0.39 is 0 Å². The van der Waals surface area contributed by atoms with E-state index in [0.717, 1.165) is 5.69 Å². The molecule has 4 aromatic rings. The van der Waals surface area contributed by atoms with E-state index in [1.165, 1.54) is 27.1 Å². The summed E-state index contributed by atoms with van der Waals surface area (Å²) in [5.41, 5.74) is 2.25. The van der Waals surface area contributed by atoms with Crippen LogP contribution in [0.15, 0.2) is 72.7 Å². The Kier molecular flexibility index (Phi) is 2.60. The molecule has 0 spiro atoms. The molecular formula is C18H12BN. The van der Waals surface area contributed by atoms with E-state index in [9.17, 15) is 0 Å². The van der Waals surface area contributed by atoms with E-state index in [4.69, 9.17) is 0 Å². The minimum atomic E-state index is 1.03. The molecule has 0 N–H and O–H groups in total. The first-order chi connectivity index (χ1) is 9.93. The molecule has 0 aliphatic carbocycles. The van der Waals surface area contributed by atoms with Gasteiger partial charge in [-0.15, -0.1) is 0 Å². The second-order valence-electron chi connectivity index (χ2n) is 4.91. The van der Waals surface area contributed by atoms with Crippen molar-refractivity contribution in [3.05, 3.63) is 72.7 Å². The van der Waals surface area contributed by atoms with Gasteiger partial charge in [-0.25, -0.2) is 0 Å². The normalized spacial score (nSPS) is 10.8. The van der Waals surface area contributed by atoms with Gasteiger partial charge >= 0.3 is 117 Å². The van der Waals surface area contributed by atoms with Crippen molar-refractivity contribution in [2.24, 2.45) is 0 Å². The zero-order chi connectivity index (χ0) is 13.4. The van der Waals surface area contributed by atoms with Gasteiger partial charge in [0.1, 0.15) is 0 Å². The molecule has 4 rings (SSSR count). The van der Waals surface area contributed by atoms with Gasteiger partial charge in [-0.1, -0.05) is 0 Å². The van der Waals surface area contributed by atoms with E-state index in [-0.39, 0.29) is 0 Å². The van der Waals surface area contributed by atoms with Gasteiger partial charge in [0.05, 0.1) is 0 Å². The van der Waals surface area contributed by atoms with Crippen molar-refractivity contribution in [2.75, 3.05) is 0 Å². The summed E-state index contributed by atoms with van der Waals surface area (Å²) < 4.78 is 0. The summed E-state index contributed by atoms with van der Waals surface area (Å²) in [7, 11) is 1.85. The zero-order valence-electron chi connectivity index (χ0n) is 11.0. The molecule has 0 saturated carbocycles. The molecule has 0 aliphatic heterocycles. The SMILES string of the molecule is b1cccc(-c2c3ccccc3cc3ccccc23)n1. The number of hydrogen-bond donors (Lipinski definition) is 0. The zero-order valence-corrected chi connectivity index (χ0v) is 11.0. The van der Waals surface area contributed by atoms with Crippen molar-refractivity contribution in [3.8, 4) is 11.3 Å². The Bertz CT molecular complexity index is 847. The third kappa shape index (κ3) is 1.73. The van der Waals surface area contributed by atoms with Crippen molar-refractivity contribution < 1.29 is 0 Å². The number of rotatable bonds is 1. The molecule has 0 saturated heterocycles. The third-order valence-corrected chi connectivity index (χ3v) is 3.69. The molecule has 0 unspecified atom stereocenters. The second-order valence-corrected chi connectivity index (χ2v) is 4.91. The molecule has 20 heavy (non-hydrogen) atoms. The van der Waals surface area contributed by atoms with E-state index in [2.05, 4.69) is 65.6 Å². The van der Waals surface area contributed by atoms with Gasteiger partial charge in [-0.05, 0) is 0 Å². The number of aromatic nitrogens is 1. The van der Waals surface area contributed by atoms with Gasteiger partial charge in [0.25, 0.3) is 0 Å². The van der Waals surface area contributed by atoms with Crippen molar-refractivity contribution in [1.29, 1.82) is 0 Å². The maximum atomic E-state index is 4.55. The quantitative estimate of drug-likeness (QED) is 0.458. The number of benzene rings is 3. The first-order valence-corrected chi connectivity index (χ1v) is 6.75. The second kappa shape index (κ2) is 4.57. The average Bonchev–Trinajstić information content (AvgIpc) is 2.53. The Hall–Kier alpha value is -2.48. The van der Waals surface area contributed by atoms with Crippen LogP contribution in [0.25, 0.3) is 32.8 Å². The Morgan fingerprint density at radius 3 is 1.95 bits per heavy atom. The molecule has 1 nitrogen and oxygen atoms in total. The Morgan fingerprint density at radius 2 is 1.35 bits per heavy atom. The van der Waals surface area contributed by atoms with Crippen LogP contribution < -0.4 is 0 Å². The van der Waals surface area contributed by atoms with Crippen molar-refractivity contribution in [2.45, 2.75) is 0 Å². The summed E-state index contributed by atoms with van der Waals surface area (Å²) in [6.45, 7) is 0. The summed E-state index contributed by atoms with van der Waals surface area (Å²) >= 11 is 0. The van der Waals surface area contributed by atoms with Crippen LogP contribution in [0.2, 0.25) is 0 Å². The van der Waals surface area contributed by atoms with E-state index in [1.807, 2.05) is 19.1 Å². The molecule has 1 heterocycles. The molecule has 0 atom stereocenters. The molecule has 92 valence electrons. The Balaban J connectivity index is 2.24. The molecule has 0 aliphatic rings. The van der Waals surface area contributed by atoms with Crippen molar-refractivity contribution >= 4 is 28.6 Å². The van der Waals surface area contributed by atoms with Crippen LogP contribution in [0.4, 0.5) is 0 Å². The van der Waals surface area contributed by atoms with Crippen LogP contribution in [0, 0.1) is 0 Å². The Morgan fingerprint density at radius 1 is 0.700 bits per heavy atom. The molecule has 2 heteroatoms. The van der Waals surface area contributed by atoms with Crippen LogP contribution in [0.1, 0.15) is 0 Å². The van der Waals surface area contributed by atoms with Crippen molar-refractivity contribution in [1.82, 2.24) is 4.89 Å². The van der Waals surface area contributed by atoms with Crippen LogP contribution in [0.3, 0.4) is 0 Å². The Labute approximate surface area is 118 Å². The van der Waals surface area contributed by atoms with Gasteiger partial charge in [0.2, 0.25) is 0 Å². The third-order valence-electron chi connectivity index (χ3n) is 3.69. The first-order valence-electron chi connectivity index (χ1n) is 6.75. The molecule has 0 amide bonds. The van der Waals surface area contributed by atoms with E-state index in [0.29, 0.717) is 0 Å². The summed E-state index contributed by atoms with van der Waals surface area (Å²) in [4.78, 5) is 4.55. The average molecular weight is 253 g/mol. The van der Waals surface area contributed by atoms with Crippen LogP contribution in [-0.2, 0) is 0 Å². The number of fused-ring (bicyclic) bond motifs is 2. The van der Waals surface area contributed by atoms with Gasteiger partial charge < -0.3 is 0 Å². The molecule has 0 radical (unpaired) electrons. The fourth-order valence-corrected chi connectivity index (χ4v) is 2.80. The molecule has 3 aromatic carbocycles. The number of hydrogen-bond acceptors (Lipinski definition) is 1. The monoisotopic (exact) mass is 253 g/mol. The van der Waals surface area contributed by atoms with Crippen LogP contribution >= 0.6 is 0 Å². The first kappa shape index (κ1) is 11.4. The molecule has 0 fully saturated rings. The number of nitrogens with zero attached hydrogens (tertiary/aromatic N) is 1. The fourth-order valence-electron chi connectivity index (χ4n) is 2.80. The van der Waals surface area contributed by atoms with Crippen LogP contribution in [0.5, 0.6) is 0 Å². The summed E-state index contributed by atoms with van der Waals surface area (Å²) in [6, 6.07) is 23.4. The topological polar surface area (TPSA) is 12.9 Å².